The van der Waals surface area contributed by atoms with Gasteiger partial charge in [0.15, 0.2) is 0 Å². The van der Waals surface area contributed by atoms with Crippen molar-refractivity contribution in [1.29, 1.82) is 0 Å². The summed E-state index contributed by atoms with van der Waals surface area (Å²) >= 11 is 0. The number of para-hydroxylation sites is 1. The van der Waals surface area contributed by atoms with Gasteiger partial charge < -0.3 is 0 Å². The average molecular weight is 496 g/mol. The zero-order chi connectivity index (χ0) is 25.7. The van der Waals surface area contributed by atoms with Gasteiger partial charge in [-0.25, -0.2) is 4.98 Å². The van der Waals surface area contributed by atoms with Crippen molar-refractivity contribution in [2.75, 3.05) is 0 Å². The first-order valence-electron chi connectivity index (χ1n) is 13.3. The van der Waals surface area contributed by atoms with Crippen LogP contribution in [0, 0.1) is 37.7 Å². The van der Waals surface area contributed by atoms with Crippen LogP contribution >= 0.6 is 0 Å². The summed E-state index contributed by atoms with van der Waals surface area (Å²) < 4.78 is 0. The van der Waals surface area contributed by atoms with Crippen LogP contribution < -0.4 is 0 Å². The van der Waals surface area contributed by atoms with Gasteiger partial charge >= 0.3 is 0 Å². The van der Waals surface area contributed by atoms with Crippen molar-refractivity contribution < 1.29 is 37.7 Å². The molecular weight excluding hydrogens is 450 g/mol. The van der Waals surface area contributed by atoms with Crippen LogP contribution in [0.2, 0.25) is 0 Å². The standard InChI is InChI=1S/C25H21N.4C2H6.Ar/c1-3-17-10-4-7-13-20(17)25(2)21-14-8-6-12-19(21)24-22(25)16-18-11-5-9-15-23(18)26-24;4*1-2;/h4-16H,3H2,1-2H3;4*1-2H3;. The number of aromatic nitrogens is 1. The fourth-order valence-corrected chi connectivity index (χ4v) is 4.58. The van der Waals surface area contributed by atoms with Crippen molar-refractivity contribution in [3.05, 3.63) is 101 Å². The Morgan fingerprint density at radius 1 is 0.629 bits per heavy atom. The van der Waals surface area contributed by atoms with Gasteiger partial charge in [-0.3, -0.25) is 0 Å². The van der Waals surface area contributed by atoms with Crippen molar-refractivity contribution >= 4 is 10.9 Å². The molecule has 4 aromatic rings. The molecule has 1 atom stereocenters. The third-order valence-electron chi connectivity index (χ3n) is 5.92. The molecule has 1 nitrogen and oxygen atoms in total. The van der Waals surface area contributed by atoms with Gasteiger partial charge in [0.05, 0.1) is 11.2 Å². The van der Waals surface area contributed by atoms with Crippen LogP contribution in [0.5, 0.6) is 0 Å². The topological polar surface area (TPSA) is 12.9 Å². The summed E-state index contributed by atoms with van der Waals surface area (Å²) in [5, 5.41) is 1.21. The maximum absolute atomic E-state index is 5.07. The summed E-state index contributed by atoms with van der Waals surface area (Å²) in [6.45, 7) is 20.6. The number of pyridine rings is 1. The molecule has 0 N–H and O–H groups in total. The van der Waals surface area contributed by atoms with Crippen molar-refractivity contribution in [3.63, 3.8) is 0 Å². The Morgan fingerprint density at radius 3 is 1.77 bits per heavy atom. The van der Waals surface area contributed by atoms with Crippen molar-refractivity contribution in [3.8, 4) is 11.3 Å². The minimum atomic E-state index is -0.171. The molecule has 1 aliphatic rings. The summed E-state index contributed by atoms with van der Waals surface area (Å²) in [4.78, 5) is 5.07. The fraction of sp³-hybridized carbons (Fsp3) is 0.364. The second-order valence-corrected chi connectivity index (χ2v) is 7.26. The van der Waals surface area contributed by atoms with E-state index >= 15 is 0 Å². The zero-order valence-corrected chi connectivity index (χ0v) is 24.2. The summed E-state index contributed by atoms with van der Waals surface area (Å²) in [6, 6.07) is 28.4. The van der Waals surface area contributed by atoms with Gasteiger partial charge in [-0.05, 0) is 47.7 Å². The largest absolute Gasteiger partial charge is 0.247 e. The molecule has 2 heteroatoms. The number of aryl methyl sites for hydroxylation is 1. The Labute approximate surface area is 245 Å². The first kappa shape index (κ1) is 33.3. The molecule has 190 valence electrons. The minimum Gasteiger partial charge on any atom is -0.247 e. The zero-order valence-electron chi connectivity index (χ0n) is 23.5. The summed E-state index contributed by atoms with van der Waals surface area (Å²) in [6.07, 6.45) is 1.03. The Bertz CT molecular complexity index is 1150. The van der Waals surface area contributed by atoms with E-state index in [2.05, 4.69) is 92.7 Å². The molecule has 0 saturated heterocycles. The quantitative estimate of drug-likeness (QED) is 0.269. The molecule has 0 fully saturated rings. The van der Waals surface area contributed by atoms with Crippen LogP contribution in [0.3, 0.4) is 0 Å². The average Bonchev–Trinajstić information content (AvgIpc) is 3.20. The fourth-order valence-electron chi connectivity index (χ4n) is 4.58. The van der Waals surface area contributed by atoms with Gasteiger partial charge in [-0.15, -0.1) is 0 Å². The number of benzene rings is 3. The maximum Gasteiger partial charge on any atom is 0.0757 e. The Kier molecular flexibility index (Phi) is 16.1. The molecule has 3 aromatic carbocycles. The molecule has 1 heterocycles. The van der Waals surface area contributed by atoms with E-state index in [1.165, 1.54) is 33.2 Å². The van der Waals surface area contributed by atoms with Gasteiger partial charge in [0, 0.05) is 54.1 Å². The summed E-state index contributed by atoms with van der Waals surface area (Å²) in [7, 11) is 0. The Hall–Kier alpha value is -1.67. The van der Waals surface area contributed by atoms with E-state index in [-0.39, 0.29) is 43.2 Å². The predicted molar refractivity (Wildman–Crippen MR) is 154 cm³/mol. The Morgan fingerprint density at radius 2 is 1.14 bits per heavy atom. The number of nitrogens with zero attached hydrogens (tertiary/aromatic N) is 1. The third kappa shape index (κ3) is 6.56. The van der Waals surface area contributed by atoms with Crippen LogP contribution in [0.1, 0.15) is 91.5 Å². The molecular formula is C33H45ArN. The predicted octanol–water partition coefficient (Wildman–Crippen LogP) is 10.2. The molecule has 1 aromatic heterocycles. The first-order chi connectivity index (χ1) is 16.7. The molecule has 0 amide bonds. The van der Waals surface area contributed by atoms with Crippen LogP contribution in [-0.2, 0) is 11.8 Å². The smallest absolute Gasteiger partial charge is 0.0757 e. The Balaban J connectivity index is 0.00000117. The third-order valence-corrected chi connectivity index (χ3v) is 5.92. The molecule has 35 heavy (non-hydrogen) atoms. The molecule has 0 radical (unpaired) electrons. The minimum absolute atomic E-state index is 0. The molecule has 0 bridgehead atoms. The molecule has 1 unspecified atom stereocenters. The van der Waals surface area contributed by atoms with E-state index in [4.69, 9.17) is 4.98 Å². The van der Waals surface area contributed by atoms with Crippen molar-refractivity contribution in [2.45, 2.75) is 81.1 Å². The van der Waals surface area contributed by atoms with E-state index in [1.807, 2.05) is 55.4 Å². The van der Waals surface area contributed by atoms with Crippen LogP contribution in [0.25, 0.3) is 22.2 Å². The van der Waals surface area contributed by atoms with Crippen LogP contribution in [-0.4, -0.2) is 4.98 Å². The first-order valence-corrected chi connectivity index (χ1v) is 13.3. The second-order valence-electron chi connectivity index (χ2n) is 7.26. The molecule has 1 aliphatic carbocycles. The monoisotopic (exact) mass is 495 g/mol. The van der Waals surface area contributed by atoms with E-state index in [0.29, 0.717) is 0 Å². The van der Waals surface area contributed by atoms with E-state index in [1.54, 1.807) is 0 Å². The van der Waals surface area contributed by atoms with Gasteiger partial charge in [0.1, 0.15) is 0 Å². The normalized spacial score (nSPS) is 14.0. The van der Waals surface area contributed by atoms with Crippen molar-refractivity contribution in [2.24, 2.45) is 0 Å². The molecule has 5 rings (SSSR count). The van der Waals surface area contributed by atoms with Gasteiger partial charge in [-0.1, -0.05) is 129 Å². The molecule has 0 saturated carbocycles. The number of rotatable bonds is 2. The number of hydrogen-bond donors (Lipinski definition) is 0. The molecule has 0 aliphatic heterocycles. The number of fused-ring (bicyclic) bond motifs is 4. The van der Waals surface area contributed by atoms with Gasteiger partial charge in [0.25, 0.3) is 0 Å². The maximum atomic E-state index is 5.07. The van der Waals surface area contributed by atoms with E-state index in [9.17, 15) is 0 Å². The van der Waals surface area contributed by atoms with Gasteiger partial charge in [-0.2, -0.15) is 0 Å². The van der Waals surface area contributed by atoms with Crippen LogP contribution in [0.4, 0.5) is 0 Å². The summed E-state index contributed by atoms with van der Waals surface area (Å²) in [5.74, 6) is 0. The summed E-state index contributed by atoms with van der Waals surface area (Å²) in [5.41, 5.74) is 8.77. The van der Waals surface area contributed by atoms with Crippen LogP contribution in [0.15, 0.2) is 78.9 Å². The number of hydrogen-bond acceptors (Lipinski definition) is 1. The van der Waals surface area contributed by atoms with Gasteiger partial charge in [0.2, 0.25) is 0 Å². The van der Waals surface area contributed by atoms with E-state index < -0.39 is 0 Å². The van der Waals surface area contributed by atoms with E-state index in [0.717, 1.165) is 17.6 Å². The SMILES string of the molecule is CC.CC.CC.CC.CCc1ccccc1C1(C)c2ccccc2-c2nc3ccccc3cc21.[Ar]. The second kappa shape index (κ2) is 16.9. The van der Waals surface area contributed by atoms with Crippen molar-refractivity contribution in [1.82, 2.24) is 4.98 Å². The molecule has 0 spiro atoms.